The van der Waals surface area contributed by atoms with Crippen molar-refractivity contribution in [2.75, 3.05) is 0 Å². The summed E-state index contributed by atoms with van der Waals surface area (Å²) in [5.74, 6) is 0. The predicted octanol–water partition coefficient (Wildman–Crippen LogP) is -2.90. The van der Waals surface area contributed by atoms with Crippen molar-refractivity contribution in [2.24, 2.45) is 0 Å². The summed E-state index contributed by atoms with van der Waals surface area (Å²) in [6, 6.07) is 0. The zero-order valence-electron chi connectivity index (χ0n) is 19.8. The molecule has 1 aliphatic rings. The van der Waals surface area contributed by atoms with E-state index in [4.69, 9.17) is 19.6 Å². The van der Waals surface area contributed by atoms with Crippen LogP contribution in [0.4, 0.5) is 0 Å². The Bertz CT molecular complexity index is 1230. The number of rotatable bonds is 16. The van der Waals surface area contributed by atoms with E-state index < -0.39 is 99.2 Å². The SMILES string of the molecule is O=P(O)(O)OC1C(OP(=O)(O)O)C(OP(=O)(O)OP(=O)(O)O)C(OP(=O)(O)O)C(OP(=O)(O)O)C1OP(=O)(O)OP(=O)(O)O. The van der Waals surface area contributed by atoms with E-state index >= 15 is 0 Å². The van der Waals surface area contributed by atoms with Gasteiger partial charge in [0, 0.05) is 0 Å². The molecular weight excluding hydrogens is 800 g/mol. The van der Waals surface area contributed by atoms with Gasteiger partial charge in [-0.3, -0.25) is 27.1 Å². The first-order valence-corrected chi connectivity index (χ1v) is 21.7. The van der Waals surface area contributed by atoms with Gasteiger partial charge in [0.25, 0.3) is 0 Å². The molecule has 0 aliphatic heterocycles. The highest BCUT2D eigenvalue weighted by molar-refractivity contribution is 7.61. The molecule has 0 bridgehead atoms. The van der Waals surface area contributed by atoms with Crippen LogP contribution in [-0.2, 0) is 72.3 Å². The van der Waals surface area contributed by atoms with Gasteiger partial charge >= 0.3 is 62.6 Å². The summed E-state index contributed by atoms with van der Waals surface area (Å²) < 4.78 is 125. The van der Waals surface area contributed by atoms with Crippen molar-refractivity contribution >= 4 is 62.6 Å². The van der Waals surface area contributed by atoms with Crippen molar-refractivity contribution in [3.63, 3.8) is 0 Å². The van der Waals surface area contributed by atoms with E-state index in [0.717, 1.165) is 0 Å². The lowest BCUT2D eigenvalue weighted by Crippen LogP contribution is -2.66. The summed E-state index contributed by atoms with van der Waals surface area (Å²) in [5, 5.41) is 0. The largest absolute Gasteiger partial charge is 0.481 e. The molecule has 1 aliphatic carbocycles. The molecule has 14 N–H and O–H groups in total. The minimum Gasteiger partial charge on any atom is -0.303 e. The monoisotopic (exact) mass is 820 g/mol. The van der Waals surface area contributed by atoms with Crippen LogP contribution in [0.1, 0.15) is 0 Å². The summed E-state index contributed by atoms with van der Waals surface area (Å²) >= 11 is 0. The Morgan fingerprint density at radius 2 is 0.432 bits per heavy atom. The second-order valence-corrected chi connectivity index (χ2v) is 17.8. The number of phosphoric acid groups is 8. The lowest BCUT2D eigenvalue weighted by molar-refractivity contribution is -0.201. The molecule has 0 spiro atoms. The average Bonchev–Trinajstić information content (AvgIpc) is 2.62. The van der Waals surface area contributed by atoms with Gasteiger partial charge in [-0.25, -0.2) is 36.5 Å². The molecule has 6 unspecified atom stereocenters. The van der Waals surface area contributed by atoms with Crippen molar-refractivity contribution in [2.45, 2.75) is 36.6 Å². The molecule has 1 saturated carbocycles. The van der Waals surface area contributed by atoms with Gasteiger partial charge in [0.15, 0.2) is 0 Å². The molecule has 0 aromatic heterocycles. The Balaban J connectivity index is 4.22. The molecule has 0 aromatic rings. The van der Waals surface area contributed by atoms with Crippen LogP contribution >= 0.6 is 62.6 Å². The number of phosphoric ester groups is 6. The van der Waals surface area contributed by atoms with Crippen LogP contribution in [0.5, 0.6) is 0 Å². The van der Waals surface area contributed by atoms with Gasteiger partial charge in [0.05, 0.1) is 0 Å². The summed E-state index contributed by atoms with van der Waals surface area (Å²) in [7, 11) is -50.6. The number of hydrogen-bond acceptors (Lipinski definition) is 16. The van der Waals surface area contributed by atoms with Crippen molar-refractivity contribution in [3.05, 3.63) is 0 Å². The standard InChI is InChI=1S/C6H20O30P8/c7-37(8,9)29-1-2(30-38(10,11)12)6(34-44(27,28)36-42(22,23)24)4(32-40(16,17)18)3(31-39(13,14)15)5(1)33-43(25,26)35-41(19,20)21/h1-6H,(H,25,26)(H,27,28)(H2,7,8,9)(H2,10,11,12)(H2,13,14,15)(H2,16,17,18)(H2,19,20,21)(H2,22,23,24). The molecule has 38 heteroatoms. The third-order valence-corrected chi connectivity index (χ3v) is 10.4. The highest BCUT2D eigenvalue weighted by Crippen LogP contribution is 2.64. The van der Waals surface area contributed by atoms with Gasteiger partial charge in [-0.15, -0.1) is 0 Å². The van der Waals surface area contributed by atoms with Crippen LogP contribution in [-0.4, -0.2) is 105 Å². The van der Waals surface area contributed by atoms with Crippen LogP contribution in [0.25, 0.3) is 0 Å². The first kappa shape index (κ1) is 43.0. The normalized spacial score (nSPS) is 29.1. The zero-order chi connectivity index (χ0) is 35.1. The Morgan fingerprint density at radius 3 is 0.568 bits per heavy atom. The molecule has 0 radical (unpaired) electrons. The number of hydrogen-bond donors (Lipinski definition) is 14. The van der Waals surface area contributed by atoms with E-state index in [-0.39, 0.29) is 0 Å². The van der Waals surface area contributed by atoms with Crippen LogP contribution in [0.2, 0.25) is 0 Å². The van der Waals surface area contributed by atoms with Gasteiger partial charge in [0.1, 0.15) is 36.6 Å². The highest BCUT2D eigenvalue weighted by Gasteiger charge is 2.63. The molecule has 1 rings (SSSR count). The molecule has 30 nitrogen and oxygen atoms in total. The second kappa shape index (κ2) is 14.4. The van der Waals surface area contributed by atoms with Crippen molar-refractivity contribution in [1.29, 1.82) is 0 Å². The molecule has 0 aromatic carbocycles. The molecule has 44 heavy (non-hydrogen) atoms. The fraction of sp³-hybridized carbons (Fsp3) is 1.00. The predicted molar refractivity (Wildman–Crippen MR) is 123 cm³/mol. The molecular formula is C6H20O30P8. The fourth-order valence-corrected chi connectivity index (χ4v) is 8.87. The second-order valence-electron chi connectivity index (χ2n) is 7.46. The third kappa shape index (κ3) is 16.9. The van der Waals surface area contributed by atoms with Gasteiger partial charge < -0.3 is 68.5 Å². The molecule has 6 atom stereocenters. The van der Waals surface area contributed by atoms with E-state index in [1.165, 1.54) is 0 Å². The minimum absolute atomic E-state index is 3.36. The van der Waals surface area contributed by atoms with Crippen LogP contribution in [0.15, 0.2) is 0 Å². The Labute approximate surface area is 240 Å². The maximum atomic E-state index is 12.3. The van der Waals surface area contributed by atoms with Crippen LogP contribution in [0.3, 0.4) is 0 Å². The average molecular weight is 820 g/mol. The topological polar surface area (TPSA) is 494 Å². The Hall–Kier alpha value is 0.960. The van der Waals surface area contributed by atoms with Crippen LogP contribution in [0, 0.1) is 0 Å². The fourth-order valence-electron chi connectivity index (χ4n) is 3.09. The van der Waals surface area contributed by atoms with Gasteiger partial charge in [-0.1, -0.05) is 0 Å². The maximum Gasteiger partial charge on any atom is 0.481 e. The smallest absolute Gasteiger partial charge is 0.303 e. The van der Waals surface area contributed by atoms with Crippen molar-refractivity contribution < 1.29 is 141 Å². The Kier molecular flexibility index (Phi) is 14.1. The summed E-state index contributed by atoms with van der Waals surface area (Å²) in [6.45, 7) is 0. The molecule has 264 valence electrons. The van der Waals surface area contributed by atoms with E-state index in [1.54, 1.807) is 0 Å². The maximum absolute atomic E-state index is 12.3. The molecule has 0 amide bonds. The van der Waals surface area contributed by atoms with E-state index in [1.807, 2.05) is 0 Å². The van der Waals surface area contributed by atoms with Gasteiger partial charge in [0.2, 0.25) is 0 Å². The first-order chi connectivity index (χ1) is 19.0. The van der Waals surface area contributed by atoms with Crippen LogP contribution < -0.4 is 0 Å². The molecule has 0 saturated heterocycles. The first-order valence-electron chi connectivity index (χ1n) is 9.50. The molecule has 0 heterocycles. The summed E-state index contributed by atoms with van der Waals surface area (Å²) in [4.78, 5) is 129. The zero-order valence-corrected chi connectivity index (χ0v) is 27.0. The summed E-state index contributed by atoms with van der Waals surface area (Å²) in [6.07, 6.45) is -21.0. The quantitative estimate of drug-likeness (QED) is 0.0694. The van der Waals surface area contributed by atoms with Gasteiger partial charge in [-0.2, -0.15) is 8.62 Å². The lowest BCUT2D eigenvalue weighted by Gasteiger charge is -2.48. The van der Waals surface area contributed by atoms with Gasteiger partial charge in [-0.05, 0) is 0 Å². The van der Waals surface area contributed by atoms with E-state index in [2.05, 4.69) is 35.8 Å². The van der Waals surface area contributed by atoms with E-state index in [0.29, 0.717) is 0 Å². The minimum atomic E-state index is -6.53. The Morgan fingerprint density at radius 1 is 0.273 bits per heavy atom. The molecule has 1 fully saturated rings. The third-order valence-electron chi connectivity index (χ3n) is 3.91. The highest BCUT2D eigenvalue weighted by atomic mass is 31.3. The summed E-state index contributed by atoms with van der Waals surface area (Å²) in [5.41, 5.74) is 0. The lowest BCUT2D eigenvalue weighted by atomic mass is 9.85. The van der Waals surface area contributed by atoms with Crippen molar-refractivity contribution in [1.82, 2.24) is 0 Å². The van der Waals surface area contributed by atoms with E-state index in [9.17, 15) is 85.5 Å². The van der Waals surface area contributed by atoms with Crippen molar-refractivity contribution in [3.8, 4) is 0 Å².